The Kier molecular flexibility index (Phi) is 4.12. The van der Waals surface area contributed by atoms with Gasteiger partial charge >= 0.3 is 0 Å². The Morgan fingerprint density at radius 1 is 1.56 bits per heavy atom. The van der Waals surface area contributed by atoms with Gasteiger partial charge in [-0.25, -0.2) is 12.8 Å². The molecule has 0 amide bonds. The van der Waals surface area contributed by atoms with E-state index in [1.165, 1.54) is 19.1 Å². The van der Waals surface area contributed by atoms with Crippen LogP contribution in [-0.2, 0) is 10.0 Å². The van der Waals surface area contributed by atoms with Crippen LogP contribution in [0, 0.1) is 5.82 Å². The van der Waals surface area contributed by atoms with E-state index in [1.807, 2.05) is 4.72 Å². The Bertz CT molecular complexity index is 457. The maximum absolute atomic E-state index is 13.3. The lowest BCUT2D eigenvalue weighted by Crippen LogP contribution is -2.28. The second kappa shape index (κ2) is 4.99. The Balaban J connectivity index is 3.06. The Hall–Kier alpha value is -0.850. The third kappa shape index (κ3) is 2.84. The summed E-state index contributed by atoms with van der Waals surface area (Å²) in [6, 6.07) is 3.82. The first-order valence-electron chi connectivity index (χ1n) is 4.45. The highest BCUT2D eigenvalue weighted by molar-refractivity contribution is 7.93. The average Bonchev–Trinajstić information content (AvgIpc) is 2.22. The van der Waals surface area contributed by atoms with E-state index in [4.69, 9.17) is 16.7 Å². The van der Waals surface area contributed by atoms with Crippen LogP contribution in [0.25, 0.3) is 0 Å². The smallest absolute Gasteiger partial charge is 0.237 e. The van der Waals surface area contributed by atoms with Crippen LogP contribution in [0.3, 0.4) is 0 Å². The highest BCUT2D eigenvalue weighted by Crippen LogP contribution is 2.26. The molecule has 0 aromatic heterocycles. The highest BCUT2D eigenvalue weighted by Gasteiger charge is 2.22. The normalized spacial score (nSPS) is 13.5. The number of aliphatic hydroxyl groups is 1. The lowest BCUT2D eigenvalue weighted by atomic mass is 10.3. The summed E-state index contributed by atoms with van der Waals surface area (Å²) in [5.74, 6) is -0.763. The number of para-hydroxylation sites is 1. The van der Waals surface area contributed by atoms with Crippen LogP contribution in [0.15, 0.2) is 18.2 Å². The SMILES string of the molecule is CC(CO)S(=O)(=O)Nc1c(F)cccc1Cl. The molecular weight excluding hydrogens is 257 g/mol. The van der Waals surface area contributed by atoms with Gasteiger partial charge in [-0.3, -0.25) is 4.72 Å². The summed E-state index contributed by atoms with van der Waals surface area (Å²) in [4.78, 5) is 0. The Labute approximate surface area is 98.1 Å². The molecule has 0 fully saturated rings. The largest absolute Gasteiger partial charge is 0.395 e. The summed E-state index contributed by atoms with van der Waals surface area (Å²) in [7, 11) is -3.83. The third-order valence-corrected chi connectivity index (χ3v) is 4.01. The predicted octanol–water partition coefficient (Wildman–Crippen LogP) is 1.60. The van der Waals surface area contributed by atoms with E-state index in [2.05, 4.69) is 0 Å². The summed E-state index contributed by atoms with van der Waals surface area (Å²) >= 11 is 5.65. The molecule has 0 heterocycles. The van der Waals surface area contributed by atoms with Gasteiger partial charge in [0.1, 0.15) is 16.8 Å². The zero-order chi connectivity index (χ0) is 12.3. The van der Waals surface area contributed by atoms with Gasteiger partial charge in [-0.2, -0.15) is 0 Å². The highest BCUT2D eigenvalue weighted by atomic mass is 35.5. The van der Waals surface area contributed by atoms with Crippen molar-refractivity contribution in [2.75, 3.05) is 11.3 Å². The van der Waals surface area contributed by atoms with Crippen LogP contribution in [-0.4, -0.2) is 25.4 Å². The molecule has 0 saturated carbocycles. The topological polar surface area (TPSA) is 66.4 Å². The maximum Gasteiger partial charge on any atom is 0.237 e. The van der Waals surface area contributed by atoms with Crippen LogP contribution in [0.2, 0.25) is 5.02 Å². The van der Waals surface area contributed by atoms with E-state index in [0.29, 0.717) is 0 Å². The summed E-state index contributed by atoms with van der Waals surface area (Å²) < 4.78 is 38.4. The van der Waals surface area contributed by atoms with Gasteiger partial charge < -0.3 is 5.11 Å². The molecule has 90 valence electrons. The van der Waals surface area contributed by atoms with Gasteiger partial charge in [0.25, 0.3) is 0 Å². The van der Waals surface area contributed by atoms with E-state index in [-0.39, 0.29) is 10.7 Å². The third-order valence-electron chi connectivity index (χ3n) is 1.99. The van der Waals surface area contributed by atoms with E-state index in [0.717, 1.165) is 6.07 Å². The Morgan fingerprint density at radius 2 is 2.19 bits per heavy atom. The van der Waals surface area contributed by atoms with Gasteiger partial charge in [-0.1, -0.05) is 17.7 Å². The summed E-state index contributed by atoms with van der Waals surface area (Å²) in [6.45, 7) is 0.748. The first-order chi connectivity index (χ1) is 7.38. The first kappa shape index (κ1) is 13.2. The second-order valence-corrected chi connectivity index (χ2v) is 5.74. The van der Waals surface area contributed by atoms with E-state index >= 15 is 0 Å². The summed E-state index contributed by atoms with van der Waals surface area (Å²) in [5, 5.41) is 7.67. The van der Waals surface area contributed by atoms with Gasteiger partial charge in [-0.15, -0.1) is 0 Å². The van der Waals surface area contributed by atoms with Gasteiger partial charge in [0.15, 0.2) is 0 Å². The molecule has 4 nitrogen and oxygen atoms in total. The zero-order valence-electron chi connectivity index (χ0n) is 8.44. The molecule has 1 atom stereocenters. The number of hydrogen-bond donors (Lipinski definition) is 2. The van der Waals surface area contributed by atoms with Crippen molar-refractivity contribution in [2.45, 2.75) is 12.2 Å². The molecule has 1 aromatic rings. The van der Waals surface area contributed by atoms with Crippen LogP contribution >= 0.6 is 11.6 Å². The second-order valence-electron chi connectivity index (χ2n) is 3.24. The fourth-order valence-corrected chi connectivity index (χ4v) is 2.09. The number of benzene rings is 1. The number of sulfonamides is 1. The average molecular weight is 268 g/mol. The zero-order valence-corrected chi connectivity index (χ0v) is 10.0. The molecule has 0 aliphatic carbocycles. The number of aliphatic hydroxyl groups excluding tert-OH is 1. The van der Waals surface area contributed by atoms with Gasteiger partial charge in [-0.05, 0) is 19.1 Å². The molecule has 16 heavy (non-hydrogen) atoms. The van der Waals surface area contributed by atoms with Crippen LogP contribution in [0.1, 0.15) is 6.92 Å². The summed E-state index contributed by atoms with van der Waals surface area (Å²) in [5.41, 5.74) is -0.301. The molecule has 1 aromatic carbocycles. The molecule has 1 rings (SSSR count). The van der Waals surface area contributed by atoms with Crippen molar-refractivity contribution in [3.05, 3.63) is 29.0 Å². The van der Waals surface area contributed by atoms with Gasteiger partial charge in [0.2, 0.25) is 10.0 Å². The molecule has 2 N–H and O–H groups in total. The molecule has 0 bridgehead atoms. The molecule has 0 spiro atoms. The van der Waals surface area contributed by atoms with Crippen LogP contribution in [0.4, 0.5) is 10.1 Å². The standard InChI is InChI=1S/C9H11ClFNO3S/c1-6(5-13)16(14,15)12-9-7(10)3-2-4-8(9)11/h2-4,6,12-13H,5H2,1H3. The first-order valence-corrected chi connectivity index (χ1v) is 6.37. The van der Waals surface area contributed by atoms with Crippen molar-refractivity contribution in [3.8, 4) is 0 Å². The Morgan fingerprint density at radius 3 is 2.69 bits per heavy atom. The molecule has 1 unspecified atom stereocenters. The number of anilines is 1. The monoisotopic (exact) mass is 267 g/mol. The molecule has 0 aliphatic heterocycles. The number of nitrogens with one attached hydrogen (secondary N) is 1. The predicted molar refractivity (Wildman–Crippen MR) is 60.5 cm³/mol. The number of halogens is 2. The molecular formula is C9H11ClFNO3S. The fourth-order valence-electron chi connectivity index (χ4n) is 0.936. The lowest BCUT2D eigenvalue weighted by molar-refractivity contribution is 0.296. The minimum atomic E-state index is -3.83. The van der Waals surface area contributed by atoms with Crippen LogP contribution < -0.4 is 4.72 Å². The maximum atomic E-state index is 13.3. The minimum absolute atomic E-state index is 0.0336. The van der Waals surface area contributed by atoms with E-state index in [1.54, 1.807) is 0 Å². The molecule has 7 heteroatoms. The van der Waals surface area contributed by atoms with Gasteiger partial charge in [0, 0.05) is 0 Å². The van der Waals surface area contributed by atoms with Crippen molar-refractivity contribution in [3.63, 3.8) is 0 Å². The molecule has 0 radical (unpaired) electrons. The van der Waals surface area contributed by atoms with Gasteiger partial charge in [0.05, 0.1) is 11.6 Å². The van der Waals surface area contributed by atoms with Crippen molar-refractivity contribution in [1.29, 1.82) is 0 Å². The van der Waals surface area contributed by atoms with Crippen LogP contribution in [0.5, 0.6) is 0 Å². The molecule has 0 saturated heterocycles. The molecule has 0 aliphatic rings. The number of rotatable bonds is 4. The van der Waals surface area contributed by atoms with Crippen molar-refractivity contribution >= 4 is 27.3 Å². The number of hydrogen-bond acceptors (Lipinski definition) is 3. The van der Waals surface area contributed by atoms with Crippen molar-refractivity contribution in [1.82, 2.24) is 0 Å². The van der Waals surface area contributed by atoms with Crippen molar-refractivity contribution in [2.24, 2.45) is 0 Å². The van der Waals surface area contributed by atoms with Crippen molar-refractivity contribution < 1.29 is 17.9 Å². The van der Waals surface area contributed by atoms with E-state index < -0.39 is 27.7 Å². The minimum Gasteiger partial charge on any atom is -0.395 e. The summed E-state index contributed by atoms with van der Waals surface area (Å²) in [6.07, 6.45) is 0. The quantitative estimate of drug-likeness (QED) is 0.871. The van der Waals surface area contributed by atoms with E-state index in [9.17, 15) is 12.8 Å². The lowest BCUT2D eigenvalue weighted by Gasteiger charge is -2.13. The fraction of sp³-hybridized carbons (Fsp3) is 0.333.